The topological polar surface area (TPSA) is 59.9 Å². The highest BCUT2D eigenvalue weighted by Gasteiger charge is 2.16. The van der Waals surface area contributed by atoms with Crippen LogP contribution in [0.5, 0.6) is 0 Å². The summed E-state index contributed by atoms with van der Waals surface area (Å²) < 4.78 is 5.23. The van der Waals surface area contributed by atoms with Crippen LogP contribution in [0.15, 0.2) is 18.6 Å². The lowest BCUT2D eigenvalue weighted by Gasteiger charge is -2.20. The van der Waals surface area contributed by atoms with Crippen LogP contribution in [0.25, 0.3) is 10.7 Å². The summed E-state index contributed by atoms with van der Waals surface area (Å²) in [5, 5.41) is 4.39. The van der Waals surface area contributed by atoms with Crippen LogP contribution in [0, 0.1) is 0 Å². The predicted octanol–water partition coefficient (Wildman–Crippen LogP) is 2.63. The molecule has 0 aliphatic rings. The quantitative estimate of drug-likeness (QED) is 0.918. The fourth-order valence-corrected chi connectivity index (χ4v) is 2.62. The van der Waals surface area contributed by atoms with Crippen LogP contribution in [0.2, 0.25) is 0 Å². The molecule has 1 N–H and O–H groups in total. The van der Waals surface area contributed by atoms with Gasteiger partial charge in [0.1, 0.15) is 17.0 Å². The molecule has 2 aromatic heterocycles. The Labute approximate surface area is 123 Å². The first kappa shape index (κ1) is 15.0. The second-order valence-electron chi connectivity index (χ2n) is 5.52. The molecule has 0 spiro atoms. The zero-order valence-corrected chi connectivity index (χ0v) is 13.1. The van der Waals surface area contributed by atoms with Crippen LogP contribution in [-0.2, 0) is 17.9 Å². The zero-order valence-electron chi connectivity index (χ0n) is 12.3. The first-order valence-corrected chi connectivity index (χ1v) is 7.30. The van der Waals surface area contributed by atoms with Crippen LogP contribution >= 0.6 is 11.3 Å². The van der Waals surface area contributed by atoms with Crippen molar-refractivity contribution in [3.05, 3.63) is 29.2 Å². The highest BCUT2D eigenvalue weighted by molar-refractivity contribution is 7.15. The number of ether oxygens (including phenoxy) is 1. The molecule has 0 amide bonds. The highest BCUT2D eigenvalue weighted by Crippen LogP contribution is 2.27. The smallest absolute Gasteiger partial charge is 0.142 e. The Morgan fingerprint density at radius 1 is 1.35 bits per heavy atom. The monoisotopic (exact) mass is 292 g/mol. The Hall–Kier alpha value is -1.37. The van der Waals surface area contributed by atoms with E-state index in [1.165, 1.54) is 4.88 Å². The van der Waals surface area contributed by atoms with Crippen molar-refractivity contribution in [2.75, 3.05) is 7.11 Å². The van der Waals surface area contributed by atoms with Crippen LogP contribution in [0.3, 0.4) is 0 Å². The Kier molecular flexibility index (Phi) is 4.80. The van der Waals surface area contributed by atoms with E-state index in [1.807, 2.05) is 6.07 Å². The van der Waals surface area contributed by atoms with Crippen LogP contribution in [-0.4, -0.2) is 27.6 Å². The lowest BCUT2D eigenvalue weighted by molar-refractivity contribution is 0.181. The van der Waals surface area contributed by atoms with Crippen LogP contribution in [0.1, 0.15) is 31.3 Å². The summed E-state index contributed by atoms with van der Waals surface area (Å²) in [6.45, 7) is 7.74. The van der Waals surface area contributed by atoms with Gasteiger partial charge < -0.3 is 10.1 Å². The summed E-state index contributed by atoms with van der Waals surface area (Å²) in [6.07, 6.45) is 3.27. The average molecular weight is 292 g/mol. The van der Waals surface area contributed by atoms with Gasteiger partial charge in [0.15, 0.2) is 0 Å². The first-order chi connectivity index (χ1) is 9.49. The SMILES string of the molecule is COCc1nc(-c2ccncn2)sc1CNC(C)(C)C. The number of thiazole rings is 1. The van der Waals surface area contributed by atoms with Crippen molar-refractivity contribution in [3.8, 4) is 10.7 Å². The van der Waals surface area contributed by atoms with Gasteiger partial charge in [-0.15, -0.1) is 11.3 Å². The van der Waals surface area contributed by atoms with E-state index >= 15 is 0 Å². The van der Waals surface area contributed by atoms with Gasteiger partial charge in [0.2, 0.25) is 0 Å². The summed E-state index contributed by atoms with van der Waals surface area (Å²) in [5.41, 5.74) is 1.90. The van der Waals surface area contributed by atoms with Gasteiger partial charge in [0.25, 0.3) is 0 Å². The minimum atomic E-state index is 0.0728. The standard InChI is InChI=1S/C14H20N4OS/c1-14(2,3)17-7-12-11(8-19-4)18-13(20-12)10-5-6-15-9-16-10/h5-6,9,17H,7-8H2,1-4H3. The molecule has 0 bridgehead atoms. The fourth-order valence-electron chi connectivity index (χ4n) is 1.64. The van der Waals surface area contributed by atoms with Gasteiger partial charge in [-0.25, -0.2) is 15.0 Å². The number of nitrogens with one attached hydrogen (secondary N) is 1. The number of methoxy groups -OCH3 is 1. The maximum absolute atomic E-state index is 5.23. The van der Waals surface area contributed by atoms with E-state index in [2.05, 4.69) is 41.0 Å². The Bertz CT molecular complexity index is 548. The van der Waals surface area contributed by atoms with Crippen LogP contribution < -0.4 is 5.32 Å². The summed E-state index contributed by atoms with van der Waals surface area (Å²) in [7, 11) is 1.69. The Balaban J connectivity index is 2.24. The van der Waals surface area contributed by atoms with E-state index in [9.17, 15) is 0 Å². The zero-order chi connectivity index (χ0) is 14.6. The molecule has 5 nitrogen and oxygen atoms in total. The number of hydrogen-bond acceptors (Lipinski definition) is 6. The average Bonchev–Trinajstić information content (AvgIpc) is 2.80. The molecular weight excluding hydrogens is 272 g/mol. The van der Waals surface area contributed by atoms with Crippen LogP contribution in [0.4, 0.5) is 0 Å². The normalized spacial score (nSPS) is 11.8. The number of aromatic nitrogens is 3. The number of hydrogen-bond donors (Lipinski definition) is 1. The molecule has 2 heterocycles. The summed E-state index contributed by atoms with van der Waals surface area (Å²) >= 11 is 1.65. The third-order valence-corrected chi connectivity index (χ3v) is 3.76. The lowest BCUT2D eigenvalue weighted by Crippen LogP contribution is -2.35. The highest BCUT2D eigenvalue weighted by atomic mass is 32.1. The lowest BCUT2D eigenvalue weighted by atomic mass is 10.1. The molecule has 0 atom stereocenters. The van der Waals surface area contributed by atoms with E-state index in [0.717, 1.165) is 22.9 Å². The molecule has 0 aromatic carbocycles. The van der Waals surface area contributed by atoms with E-state index in [0.29, 0.717) is 6.61 Å². The molecule has 6 heteroatoms. The summed E-state index contributed by atoms with van der Waals surface area (Å²) in [5.74, 6) is 0. The van der Waals surface area contributed by atoms with Gasteiger partial charge in [-0.3, -0.25) is 0 Å². The third kappa shape index (κ3) is 4.06. The van der Waals surface area contributed by atoms with E-state index in [-0.39, 0.29) is 5.54 Å². The molecule has 2 rings (SSSR count). The maximum Gasteiger partial charge on any atom is 0.142 e. The van der Waals surface area contributed by atoms with Gasteiger partial charge in [0, 0.05) is 30.3 Å². The summed E-state index contributed by atoms with van der Waals surface area (Å²) in [6, 6.07) is 1.87. The van der Waals surface area contributed by atoms with E-state index in [4.69, 9.17) is 4.74 Å². The maximum atomic E-state index is 5.23. The van der Waals surface area contributed by atoms with Crippen molar-refractivity contribution in [2.24, 2.45) is 0 Å². The Morgan fingerprint density at radius 2 is 2.15 bits per heavy atom. The molecule has 0 fully saturated rings. The second-order valence-corrected chi connectivity index (χ2v) is 6.60. The fraction of sp³-hybridized carbons (Fsp3) is 0.500. The van der Waals surface area contributed by atoms with E-state index < -0.39 is 0 Å². The molecule has 0 aliphatic carbocycles. The van der Waals surface area contributed by atoms with Gasteiger partial charge in [-0.05, 0) is 26.8 Å². The molecule has 2 aromatic rings. The van der Waals surface area contributed by atoms with Crippen molar-refractivity contribution in [3.63, 3.8) is 0 Å². The third-order valence-electron chi connectivity index (χ3n) is 2.64. The minimum absolute atomic E-state index is 0.0728. The largest absolute Gasteiger partial charge is 0.378 e. The number of rotatable bonds is 5. The van der Waals surface area contributed by atoms with Gasteiger partial charge in [-0.1, -0.05) is 0 Å². The molecule has 0 aliphatic heterocycles. The van der Waals surface area contributed by atoms with Gasteiger partial charge in [-0.2, -0.15) is 0 Å². The predicted molar refractivity (Wildman–Crippen MR) is 80.4 cm³/mol. The molecule has 108 valence electrons. The van der Waals surface area contributed by atoms with Crippen molar-refractivity contribution in [1.29, 1.82) is 0 Å². The minimum Gasteiger partial charge on any atom is -0.378 e. The van der Waals surface area contributed by atoms with Crippen molar-refractivity contribution in [1.82, 2.24) is 20.3 Å². The molecule has 20 heavy (non-hydrogen) atoms. The Morgan fingerprint density at radius 3 is 2.75 bits per heavy atom. The molecule has 0 radical (unpaired) electrons. The number of nitrogens with zero attached hydrogens (tertiary/aromatic N) is 3. The molecular formula is C14H20N4OS. The molecule has 0 unspecified atom stereocenters. The van der Waals surface area contributed by atoms with Crippen molar-refractivity contribution in [2.45, 2.75) is 39.5 Å². The second kappa shape index (κ2) is 6.39. The first-order valence-electron chi connectivity index (χ1n) is 6.48. The van der Waals surface area contributed by atoms with Gasteiger partial charge in [0.05, 0.1) is 12.3 Å². The van der Waals surface area contributed by atoms with E-state index in [1.54, 1.807) is 31.0 Å². The van der Waals surface area contributed by atoms with Crippen molar-refractivity contribution >= 4 is 11.3 Å². The molecule has 0 saturated heterocycles. The van der Waals surface area contributed by atoms with Gasteiger partial charge >= 0.3 is 0 Å². The van der Waals surface area contributed by atoms with Crippen molar-refractivity contribution < 1.29 is 4.74 Å². The summed E-state index contributed by atoms with van der Waals surface area (Å²) in [4.78, 5) is 14.0. The molecule has 0 saturated carbocycles.